The van der Waals surface area contributed by atoms with Crippen LogP contribution in [0.25, 0.3) is 0 Å². The second kappa shape index (κ2) is 12.7. The van der Waals surface area contributed by atoms with Gasteiger partial charge in [-0.05, 0) is 48.7 Å². The monoisotopic (exact) mass is 578 g/mol. The Hall–Kier alpha value is -2.94. The van der Waals surface area contributed by atoms with Crippen molar-refractivity contribution in [2.24, 2.45) is 0 Å². The maximum atomic E-state index is 13.8. The van der Waals surface area contributed by atoms with Crippen LogP contribution in [0, 0.1) is 0 Å². The third kappa shape index (κ3) is 7.12. The third-order valence-electron chi connectivity index (χ3n) is 7.23. The predicted molar refractivity (Wildman–Crippen MR) is 151 cm³/mol. The number of nitrogens with zero attached hydrogens (tertiary/aromatic N) is 4. The van der Waals surface area contributed by atoms with Gasteiger partial charge in [0.15, 0.2) is 0 Å². The molecule has 2 aliphatic rings. The number of ether oxygens (including phenoxy) is 1. The van der Waals surface area contributed by atoms with Crippen LogP contribution in [0.15, 0.2) is 77.4 Å². The third-order valence-corrected chi connectivity index (χ3v) is 7.73. The highest BCUT2D eigenvalue weighted by molar-refractivity contribution is 9.10. The molecule has 7 nitrogen and oxygen atoms in total. The van der Waals surface area contributed by atoms with E-state index in [2.05, 4.69) is 49.8 Å². The molecule has 2 amide bonds. The lowest BCUT2D eigenvalue weighted by Gasteiger charge is -2.31. The van der Waals surface area contributed by atoms with Crippen LogP contribution in [0.5, 0.6) is 0 Å². The van der Waals surface area contributed by atoms with Gasteiger partial charge in [-0.2, -0.15) is 0 Å². The van der Waals surface area contributed by atoms with E-state index in [0.717, 1.165) is 49.2 Å². The van der Waals surface area contributed by atoms with Crippen molar-refractivity contribution in [3.63, 3.8) is 0 Å². The topological polar surface area (TPSA) is 58.0 Å². The molecule has 5 rings (SSSR count). The molecule has 0 atom stereocenters. The van der Waals surface area contributed by atoms with Crippen LogP contribution in [-0.2, 0) is 22.6 Å². The predicted octanol–water partition coefficient (Wildman–Crippen LogP) is 4.26. The maximum Gasteiger partial charge on any atom is 0.254 e. The van der Waals surface area contributed by atoms with Crippen molar-refractivity contribution in [2.75, 3.05) is 45.9 Å². The average molecular weight is 580 g/mol. The summed E-state index contributed by atoms with van der Waals surface area (Å²) in [6, 6.07) is 22.1. The summed E-state index contributed by atoms with van der Waals surface area (Å²) in [5.41, 5.74) is 2.92. The molecule has 38 heavy (non-hydrogen) atoms. The Balaban J connectivity index is 1.30. The Bertz CT molecular complexity index is 1220. The molecule has 2 aromatic carbocycles. The molecule has 3 aromatic rings. The molecule has 0 radical (unpaired) electrons. The van der Waals surface area contributed by atoms with Gasteiger partial charge in [0.2, 0.25) is 5.91 Å². The van der Waals surface area contributed by atoms with Gasteiger partial charge in [0.05, 0.1) is 19.8 Å². The summed E-state index contributed by atoms with van der Waals surface area (Å²) in [5.74, 6) is -0.110. The quantitative estimate of drug-likeness (QED) is 0.341. The highest BCUT2D eigenvalue weighted by Gasteiger charge is 2.34. The number of aromatic nitrogens is 1. The fourth-order valence-corrected chi connectivity index (χ4v) is 5.31. The molecule has 200 valence electrons. The molecule has 2 fully saturated rings. The fourth-order valence-electron chi connectivity index (χ4n) is 4.91. The molecule has 0 unspecified atom stereocenters. The van der Waals surface area contributed by atoms with Gasteiger partial charge in [0, 0.05) is 60.7 Å². The zero-order chi connectivity index (χ0) is 26.3. The van der Waals surface area contributed by atoms with Gasteiger partial charge in [-0.25, -0.2) is 0 Å². The van der Waals surface area contributed by atoms with E-state index >= 15 is 0 Å². The minimum atomic E-state index is -0.115. The fraction of sp³-hybridized carbons (Fsp3) is 0.400. The van der Waals surface area contributed by atoms with Crippen molar-refractivity contribution in [3.8, 4) is 0 Å². The van der Waals surface area contributed by atoms with Crippen LogP contribution in [0.4, 0.5) is 0 Å². The Morgan fingerprint density at radius 1 is 0.974 bits per heavy atom. The molecule has 1 saturated carbocycles. The lowest BCUT2D eigenvalue weighted by atomic mass is 10.2. The first kappa shape index (κ1) is 26.7. The first-order valence-electron chi connectivity index (χ1n) is 13.4. The molecule has 0 spiro atoms. The van der Waals surface area contributed by atoms with Gasteiger partial charge in [0.1, 0.15) is 6.54 Å². The number of hydrogen-bond donors (Lipinski definition) is 0. The number of hydrogen-bond acceptors (Lipinski definition) is 4. The van der Waals surface area contributed by atoms with E-state index in [1.807, 2.05) is 53.4 Å². The van der Waals surface area contributed by atoms with Crippen molar-refractivity contribution >= 4 is 27.7 Å². The van der Waals surface area contributed by atoms with E-state index in [1.54, 1.807) is 4.90 Å². The lowest BCUT2D eigenvalue weighted by molar-refractivity contribution is -0.133. The summed E-state index contributed by atoms with van der Waals surface area (Å²) in [7, 11) is 0. The number of carbonyl (C=O) groups is 2. The molecule has 2 heterocycles. The molecule has 1 aromatic heterocycles. The molecule has 0 N–H and O–H groups in total. The number of rotatable bonds is 11. The van der Waals surface area contributed by atoms with E-state index < -0.39 is 0 Å². The van der Waals surface area contributed by atoms with Gasteiger partial charge in [-0.3, -0.25) is 14.5 Å². The van der Waals surface area contributed by atoms with Crippen molar-refractivity contribution in [1.82, 2.24) is 19.3 Å². The summed E-state index contributed by atoms with van der Waals surface area (Å²) >= 11 is 3.48. The zero-order valence-corrected chi connectivity index (χ0v) is 23.3. The van der Waals surface area contributed by atoms with Gasteiger partial charge in [-0.1, -0.05) is 52.3 Å². The number of halogens is 1. The van der Waals surface area contributed by atoms with Crippen LogP contribution in [0.2, 0.25) is 0 Å². The Kier molecular flexibility index (Phi) is 8.94. The van der Waals surface area contributed by atoms with Gasteiger partial charge < -0.3 is 19.1 Å². The number of morpholine rings is 1. The molecule has 8 heteroatoms. The van der Waals surface area contributed by atoms with Crippen LogP contribution in [0.1, 0.15) is 34.5 Å². The van der Waals surface area contributed by atoms with Crippen LogP contribution in [-0.4, -0.2) is 83.1 Å². The largest absolute Gasteiger partial charge is 0.379 e. The Morgan fingerprint density at radius 2 is 1.76 bits per heavy atom. The van der Waals surface area contributed by atoms with Crippen molar-refractivity contribution in [2.45, 2.75) is 32.0 Å². The highest BCUT2D eigenvalue weighted by Crippen LogP contribution is 2.29. The summed E-state index contributed by atoms with van der Waals surface area (Å²) in [4.78, 5) is 33.3. The second-order valence-corrected chi connectivity index (χ2v) is 11.0. The van der Waals surface area contributed by atoms with Gasteiger partial charge in [-0.15, -0.1) is 0 Å². The standard InChI is InChI=1S/C30H35BrN4O3/c31-26-9-4-8-25(20-26)30(37)34(15-14-32-16-18-38-19-17-32)23-29(36)35(27-11-12-27)22-28-10-5-13-33(28)21-24-6-2-1-3-7-24/h1-10,13,20,27H,11-12,14-19,21-23H2. The van der Waals surface area contributed by atoms with Crippen LogP contribution in [0.3, 0.4) is 0 Å². The van der Waals surface area contributed by atoms with E-state index in [1.165, 1.54) is 5.56 Å². The Morgan fingerprint density at radius 3 is 2.50 bits per heavy atom. The molecular formula is C30H35BrN4O3. The lowest BCUT2D eigenvalue weighted by Crippen LogP contribution is -2.47. The SMILES string of the molecule is O=C(c1cccc(Br)c1)N(CCN1CCOCC1)CC(=O)N(Cc1cccn1Cc1ccccc1)C1CC1. The van der Waals surface area contributed by atoms with Gasteiger partial charge in [0.25, 0.3) is 5.91 Å². The summed E-state index contributed by atoms with van der Waals surface area (Å²) in [5, 5.41) is 0. The van der Waals surface area contributed by atoms with E-state index in [0.29, 0.717) is 31.9 Å². The summed E-state index contributed by atoms with van der Waals surface area (Å²) in [6.07, 6.45) is 4.10. The molecular weight excluding hydrogens is 544 g/mol. The van der Waals surface area contributed by atoms with E-state index in [9.17, 15) is 9.59 Å². The number of amides is 2. The van der Waals surface area contributed by atoms with Gasteiger partial charge >= 0.3 is 0 Å². The Labute approximate surface area is 233 Å². The average Bonchev–Trinajstić information content (AvgIpc) is 3.69. The summed E-state index contributed by atoms with van der Waals surface area (Å²) in [6.45, 7) is 5.71. The van der Waals surface area contributed by atoms with Crippen LogP contribution >= 0.6 is 15.9 Å². The van der Waals surface area contributed by atoms with Crippen LogP contribution < -0.4 is 0 Å². The smallest absolute Gasteiger partial charge is 0.254 e. The van der Waals surface area contributed by atoms with Crippen molar-refractivity contribution in [1.29, 1.82) is 0 Å². The van der Waals surface area contributed by atoms with Crippen molar-refractivity contribution < 1.29 is 14.3 Å². The number of benzene rings is 2. The second-order valence-electron chi connectivity index (χ2n) is 10.1. The molecule has 1 saturated heterocycles. The molecule has 1 aliphatic heterocycles. The minimum Gasteiger partial charge on any atom is -0.379 e. The zero-order valence-electron chi connectivity index (χ0n) is 21.7. The normalized spacial score (nSPS) is 15.8. The van der Waals surface area contributed by atoms with E-state index in [-0.39, 0.29) is 24.4 Å². The molecule has 0 bridgehead atoms. The first-order chi connectivity index (χ1) is 18.6. The highest BCUT2D eigenvalue weighted by atomic mass is 79.9. The van der Waals surface area contributed by atoms with E-state index in [4.69, 9.17) is 4.74 Å². The summed E-state index contributed by atoms with van der Waals surface area (Å²) < 4.78 is 8.53. The van der Waals surface area contributed by atoms with Crippen molar-refractivity contribution in [3.05, 3.63) is 94.2 Å². The molecule has 1 aliphatic carbocycles. The maximum absolute atomic E-state index is 13.8. The minimum absolute atomic E-state index is 0.00489. The number of carbonyl (C=O) groups excluding carboxylic acids is 2. The first-order valence-corrected chi connectivity index (χ1v) is 14.2.